The van der Waals surface area contributed by atoms with Gasteiger partial charge in [-0.15, -0.1) is 0 Å². The zero-order valence-electron chi connectivity index (χ0n) is 63.4. The second kappa shape index (κ2) is 28.1. The molecule has 540 valence electrons. The highest BCUT2D eigenvalue weighted by atomic mass is 79.9. The minimum Gasteiger partial charge on any atom is -0.316 e. The maximum absolute atomic E-state index is 3.65. The standard InChI is InChI=1S/C53H39N3.C28H24.C26H17BrN2/c1-53(2)48-21-13-12-20-43(48)44-28-26-42(35-49(44)53)55(40-24-22-37(23-25-40)36-14-6-3-7-15-36)41-27-30-51-47(34-41)45-29-31-50-46(32-33-54(50)38-16-8-4-9-17-38)52(45)56(51)39-18-10-5-11-19-39;1-28(2)26-11-7-6-10-24(26)25-17-14-21(19-27(25)28)18-20-12-15-23(16-13-20)22-8-4-3-5-9-22;27-18-11-13-25-23(17-18)21-12-14-24-22(15-16-28(24)19-7-3-1-4-8-19)26(21)29(25)20-9-5-2-6-10-20/h3-35H,1-2H3;3-17,19H,18H2,1-2H3;1-17H. The summed E-state index contributed by atoms with van der Waals surface area (Å²) in [6.07, 6.45) is 5.34. The van der Waals surface area contributed by atoms with Crippen molar-refractivity contribution in [1.29, 1.82) is 0 Å². The lowest BCUT2D eigenvalue weighted by atomic mass is 9.81. The third-order valence-corrected chi connectivity index (χ3v) is 24.2. The molecule has 6 heteroatoms. The van der Waals surface area contributed by atoms with E-state index in [2.05, 4.69) is 467 Å². The number of rotatable bonds is 11. The number of benzene rings is 16. The number of para-hydroxylation sites is 4. The molecule has 0 aliphatic heterocycles. The zero-order valence-corrected chi connectivity index (χ0v) is 65.0. The summed E-state index contributed by atoms with van der Waals surface area (Å²) in [7, 11) is 0. The molecule has 22 rings (SSSR count). The van der Waals surface area contributed by atoms with Crippen molar-refractivity contribution in [2.24, 2.45) is 0 Å². The van der Waals surface area contributed by atoms with Gasteiger partial charge in [0.15, 0.2) is 0 Å². The first-order chi connectivity index (χ1) is 55.5. The van der Waals surface area contributed by atoms with E-state index in [1.807, 2.05) is 0 Å². The van der Waals surface area contributed by atoms with Gasteiger partial charge in [-0.3, -0.25) is 0 Å². The smallest absolute Gasteiger partial charge is 0.0635 e. The Morgan fingerprint density at radius 1 is 0.257 bits per heavy atom. The van der Waals surface area contributed by atoms with Crippen LogP contribution in [0.25, 0.3) is 133 Å². The van der Waals surface area contributed by atoms with Crippen molar-refractivity contribution in [3.05, 3.63) is 438 Å². The van der Waals surface area contributed by atoms with Gasteiger partial charge in [0.1, 0.15) is 0 Å². The van der Waals surface area contributed by atoms with Crippen LogP contribution >= 0.6 is 15.9 Å². The Morgan fingerprint density at radius 2 is 0.619 bits per heavy atom. The third kappa shape index (κ3) is 12.0. The Morgan fingerprint density at radius 3 is 1.12 bits per heavy atom. The Bertz CT molecular complexity index is 6970. The molecule has 5 nitrogen and oxygen atoms in total. The topological polar surface area (TPSA) is 23.0 Å². The summed E-state index contributed by atoms with van der Waals surface area (Å²) in [5, 5.41) is 7.45. The van der Waals surface area contributed by atoms with Crippen LogP contribution in [0.15, 0.2) is 405 Å². The number of hydrogen-bond acceptors (Lipinski definition) is 1. The predicted molar refractivity (Wildman–Crippen MR) is 479 cm³/mol. The molecule has 0 spiro atoms. The van der Waals surface area contributed by atoms with E-state index in [4.69, 9.17) is 0 Å². The molecule has 4 aromatic heterocycles. The molecule has 0 fully saturated rings. The zero-order chi connectivity index (χ0) is 75.9. The van der Waals surface area contributed by atoms with Crippen molar-refractivity contribution in [3.8, 4) is 67.3 Å². The highest BCUT2D eigenvalue weighted by molar-refractivity contribution is 9.10. The lowest BCUT2D eigenvalue weighted by Crippen LogP contribution is -2.16. The van der Waals surface area contributed by atoms with Gasteiger partial charge < -0.3 is 23.2 Å². The van der Waals surface area contributed by atoms with Crippen LogP contribution in [0.4, 0.5) is 17.1 Å². The van der Waals surface area contributed by atoms with Crippen LogP contribution < -0.4 is 4.90 Å². The van der Waals surface area contributed by atoms with E-state index in [-0.39, 0.29) is 10.8 Å². The lowest BCUT2D eigenvalue weighted by molar-refractivity contribution is 0.659. The van der Waals surface area contributed by atoms with Gasteiger partial charge in [-0.25, -0.2) is 0 Å². The molecule has 0 atom stereocenters. The van der Waals surface area contributed by atoms with Crippen LogP contribution in [0, 0.1) is 0 Å². The van der Waals surface area contributed by atoms with E-state index >= 15 is 0 Å². The fourth-order valence-electron chi connectivity index (χ4n) is 18.1. The summed E-state index contributed by atoms with van der Waals surface area (Å²) < 4.78 is 10.5. The Kier molecular flexibility index (Phi) is 17.1. The first kappa shape index (κ1) is 68.7. The number of halogens is 1. The van der Waals surface area contributed by atoms with Crippen molar-refractivity contribution in [2.75, 3.05) is 4.90 Å². The molecule has 2 aliphatic carbocycles. The summed E-state index contributed by atoms with van der Waals surface area (Å²) >= 11 is 3.65. The first-order valence-corrected chi connectivity index (χ1v) is 39.9. The van der Waals surface area contributed by atoms with Gasteiger partial charge in [0, 0.05) is 99.8 Å². The molecular formula is C107H80BrN5. The number of aromatic nitrogens is 4. The van der Waals surface area contributed by atoms with Crippen LogP contribution in [-0.4, -0.2) is 18.3 Å². The largest absolute Gasteiger partial charge is 0.316 e. The predicted octanol–water partition coefficient (Wildman–Crippen LogP) is 28.9. The van der Waals surface area contributed by atoms with Crippen molar-refractivity contribution >= 4 is 98.4 Å². The maximum atomic E-state index is 3.65. The van der Waals surface area contributed by atoms with E-state index in [1.165, 1.54) is 155 Å². The molecular weight excluding hydrogens is 1440 g/mol. The van der Waals surface area contributed by atoms with Gasteiger partial charge in [-0.05, 0) is 218 Å². The van der Waals surface area contributed by atoms with Gasteiger partial charge in [0.05, 0.1) is 33.1 Å². The highest BCUT2D eigenvalue weighted by Crippen LogP contribution is 2.53. The average molecular weight is 1520 g/mol. The highest BCUT2D eigenvalue weighted by Gasteiger charge is 2.37. The third-order valence-electron chi connectivity index (χ3n) is 23.7. The molecule has 20 aromatic rings. The van der Waals surface area contributed by atoms with Gasteiger partial charge >= 0.3 is 0 Å². The fourth-order valence-corrected chi connectivity index (χ4v) is 18.5. The first-order valence-electron chi connectivity index (χ1n) is 39.1. The molecule has 0 amide bonds. The number of anilines is 3. The molecule has 2 aliphatic rings. The Balaban J connectivity index is 0.000000122. The van der Waals surface area contributed by atoms with Crippen molar-refractivity contribution < 1.29 is 0 Å². The van der Waals surface area contributed by atoms with E-state index < -0.39 is 0 Å². The quantitative estimate of drug-likeness (QED) is 0.127. The van der Waals surface area contributed by atoms with Crippen molar-refractivity contribution in [3.63, 3.8) is 0 Å². The maximum Gasteiger partial charge on any atom is 0.0635 e. The molecule has 4 heterocycles. The molecule has 0 N–H and O–H groups in total. The van der Waals surface area contributed by atoms with E-state index in [0.717, 1.165) is 39.3 Å². The van der Waals surface area contributed by atoms with Gasteiger partial charge in [0.2, 0.25) is 0 Å². The molecule has 0 radical (unpaired) electrons. The second-order valence-corrected chi connectivity index (χ2v) is 31.9. The molecule has 0 saturated carbocycles. The second-order valence-electron chi connectivity index (χ2n) is 31.0. The van der Waals surface area contributed by atoms with E-state index in [0.29, 0.717) is 0 Å². The van der Waals surface area contributed by atoms with Gasteiger partial charge in [0.25, 0.3) is 0 Å². The fraction of sp³-hybridized carbons (Fsp3) is 0.0654. The lowest BCUT2D eigenvalue weighted by Gasteiger charge is -2.28. The van der Waals surface area contributed by atoms with Crippen LogP contribution in [0.2, 0.25) is 0 Å². The van der Waals surface area contributed by atoms with E-state index in [1.54, 1.807) is 0 Å². The Labute approximate surface area is 667 Å². The Hall–Kier alpha value is -13.5. The number of fused-ring (bicyclic) bond motifs is 16. The minimum absolute atomic E-state index is 0.0686. The van der Waals surface area contributed by atoms with Crippen LogP contribution in [0.3, 0.4) is 0 Å². The SMILES string of the molecule is Brc1ccc2c(c1)c1ccc3c(ccn3-c3ccccc3)c1n2-c1ccccc1.CC1(C)c2ccccc2-c2ccc(Cc3ccc(-c4ccccc4)cc3)cc21.CC1(C)c2ccccc2-c2ccc(N(c3ccc(-c4ccccc4)cc3)c3ccc4c(c3)c3ccc5c(ccn5-c5ccccc5)c3n4-c3ccccc3)cc21. The average Bonchev–Trinajstić information content (AvgIpc) is 1.58. The molecule has 16 aromatic carbocycles. The molecule has 0 bridgehead atoms. The van der Waals surface area contributed by atoms with Crippen LogP contribution in [0.1, 0.15) is 61.1 Å². The molecule has 0 saturated heterocycles. The van der Waals surface area contributed by atoms with Gasteiger partial charge in [-0.2, -0.15) is 0 Å². The summed E-state index contributed by atoms with van der Waals surface area (Å²) in [6.45, 7) is 9.40. The number of hydrogen-bond donors (Lipinski definition) is 0. The molecule has 113 heavy (non-hydrogen) atoms. The van der Waals surface area contributed by atoms with Crippen molar-refractivity contribution in [1.82, 2.24) is 18.3 Å². The molecule has 0 unspecified atom stereocenters. The summed E-state index contributed by atoms with van der Waals surface area (Å²) in [5.41, 5.74) is 34.0. The van der Waals surface area contributed by atoms with E-state index in [9.17, 15) is 0 Å². The normalized spacial score (nSPS) is 12.8. The number of nitrogens with zero attached hydrogens (tertiary/aromatic N) is 5. The summed E-state index contributed by atoms with van der Waals surface area (Å²) in [6, 6.07) is 141. The monoisotopic (exact) mass is 1510 g/mol. The summed E-state index contributed by atoms with van der Waals surface area (Å²) in [5.74, 6) is 0. The summed E-state index contributed by atoms with van der Waals surface area (Å²) in [4.78, 5) is 2.43. The van der Waals surface area contributed by atoms with Gasteiger partial charge in [-0.1, -0.05) is 298 Å². The van der Waals surface area contributed by atoms with Crippen molar-refractivity contribution in [2.45, 2.75) is 44.9 Å². The minimum atomic E-state index is -0.112. The van der Waals surface area contributed by atoms with Crippen LogP contribution in [0.5, 0.6) is 0 Å². The van der Waals surface area contributed by atoms with Crippen LogP contribution in [-0.2, 0) is 17.3 Å².